The van der Waals surface area contributed by atoms with E-state index in [0.29, 0.717) is 22.3 Å². The fourth-order valence-electron chi connectivity index (χ4n) is 2.86. The molecule has 4 aromatic rings. The number of ether oxygens (including phenoxy) is 3. The summed E-state index contributed by atoms with van der Waals surface area (Å²) in [7, 11) is 1.53. The van der Waals surface area contributed by atoms with Gasteiger partial charge in [-0.25, -0.2) is 14.6 Å². The lowest BCUT2D eigenvalue weighted by molar-refractivity contribution is -0.150. The Morgan fingerprint density at radius 1 is 1.14 bits per heavy atom. The van der Waals surface area contributed by atoms with Crippen molar-refractivity contribution in [1.82, 2.24) is 4.98 Å². The van der Waals surface area contributed by atoms with E-state index >= 15 is 0 Å². The average Bonchev–Trinajstić information content (AvgIpc) is 3.14. The van der Waals surface area contributed by atoms with Crippen molar-refractivity contribution in [3.05, 3.63) is 69.5 Å². The van der Waals surface area contributed by atoms with Crippen molar-refractivity contribution < 1.29 is 23.4 Å². The van der Waals surface area contributed by atoms with Gasteiger partial charge < -0.3 is 18.6 Å². The SMILES string of the molecule is COc1ccc2c(COC(=O)COCc3nc4ccccc4s3)cc(=O)oc2c1. The fraction of sp³-hybridized carbons (Fsp3) is 0.190. The van der Waals surface area contributed by atoms with Gasteiger partial charge in [0.1, 0.15) is 29.6 Å². The first-order valence-electron chi connectivity index (χ1n) is 8.81. The molecular formula is C21H17NO6S. The van der Waals surface area contributed by atoms with Crippen LogP contribution in [0, 0.1) is 0 Å². The Kier molecular flexibility index (Phi) is 5.55. The molecule has 0 N–H and O–H groups in total. The quantitative estimate of drug-likeness (QED) is 0.339. The first-order chi connectivity index (χ1) is 14.1. The lowest BCUT2D eigenvalue weighted by Crippen LogP contribution is -2.13. The molecule has 4 rings (SSSR count). The molecule has 8 heteroatoms. The van der Waals surface area contributed by atoms with E-state index in [9.17, 15) is 9.59 Å². The van der Waals surface area contributed by atoms with Crippen LogP contribution in [0.25, 0.3) is 21.2 Å². The minimum Gasteiger partial charge on any atom is -0.497 e. The highest BCUT2D eigenvalue weighted by Crippen LogP contribution is 2.23. The smallest absolute Gasteiger partial charge is 0.336 e. The number of thiazole rings is 1. The molecule has 0 spiro atoms. The zero-order chi connectivity index (χ0) is 20.2. The minimum absolute atomic E-state index is 0.0578. The predicted octanol–water partition coefficient (Wildman–Crippen LogP) is 3.67. The topological polar surface area (TPSA) is 87.9 Å². The number of carbonyl (C=O) groups excluding carboxylic acids is 1. The summed E-state index contributed by atoms with van der Waals surface area (Å²) in [6.07, 6.45) is 0. The van der Waals surface area contributed by atoms with Crippen LogP contribution in [0.2, 0.25) is 0 Å². The van der Waals surface area contributed by atoms with Gasteiger partial charge in [-0.15, -0.1) is 11.3 Å². The first kappa shape index (κ1) is 19.1. The maximum atomic E-state index is 12.0. The van der Waals surface area contributed by atoms with Crippen molar-refractivity contribution in [2.75, 3.05) is 13.7 Å². The number of para-hydroxylation sites is 1. The molecule has 0 unspecified atom stereocenters. The number of esters is 1. The molecular weight excluding hydrogens is 394 g/mol. The number of rotatable bonds is 7. The lowest BCUT2D eigenvalue weighted by atomic mass is 10.1. The summed E-state index contributed by atoms with van der Waals surface area (Å²) < 4.78 is 22.1. The second-order valence-electron chi connectivity index (χ2n) is 6.18. The van der Waals surface area contributed by atoms with Crippen LogP contribution in [0.4, 0.5) is 0 Å². The van der Waals surface area contributed by atoms with Gasteiger partial charge in [-0.1, -0.05) is 12.1 Å². The van der Waals surface area contributed by atoms with Gasteiger partial charge >= 0.3 is 11.6 Å². The van der Waals surface area contributed by atoms with Crippen molar-refractivity contribution in [3.63, 3.8) is 0 Å². The number of carbonyl (C=O) groups is 1. The summed E-state index contributed by atoms with van der Waals surface area (Å²) in [6, 6.07) is 14.2. The van der Waals surface area contributed by atoms with Gasteiger partial charge in [-0.2, -0.15) is 0 Å². The molecule has 0 aliphatic rings. The normalized spacial score (nSPS) is 11.1. The molecule has 148 valence electrons. The number of methoxy groups -OCH3 is 1. The van der Waals surface area contributed by atoms with Crippen LogP contribution in [0.3, 0.4) is 0 Å². The Balaban J connectivity index is 1.35. The summed E-state index contributed by atoms with van der Waals surface area (Å²) in [6.45, 7) is -0.0347. The summed E-state index contributed by atoms with van der Waals surface area (Å²) in [5.74, 6) is 0.0408. The van der Waals surface area contributed by atoms with Gasteiger partial charge in [-0.05, 0) is 24.3 Å². The third-order valence-electron chi connectivity index (χ3n) is 4.21. The molecule has 0 bridgehead atoms. The van der Waals surface area contributed by atoms with Gasteiger partial charge in [0.05, 0.1) is 23.9 Å². The summed E-state index contributed by atoms with van der Waals surface area (Å²) in [5.41, 5.74) is 1.31. The molecule has 0 saturated heterocycles. The Labute approximate surface area is 169 Å². The summed E-state index contributed by atoms with van der Waals surface area (Å²) >= 11 is 1.52. The van der Waals surface area contributed by atoms with Crippen LogP contribution in [0.1, 0.15) is 10.6 Å². The third kappa shape index (κ3) is 4.44. The van der Waals surface area contributed by atoms with Gasteiger partial charge in [0, 0.05) is 23.1 Å². The summed E-state index contributed by atoms with van der Waals surface area (Å²) in [5, 5.41) is 1.47. The number of aromatic nitrogens is 1. The van der Waals surface area contributed by atoms with E-state index in [1.54, 1.807) is 18.2 Å². The molecule has 0 radical (unpaired) electrons. The number of fused-ring (bicyclic) bond motifs is 2. The van der Waals surface area contributed by atoms with E-state index in [4.69, 9.17) is 18.6 Å². The average molecular weight is 411 g/mol. The monoisotopic (exact) mass is 411 g/mol. The molecule has 0 aliphatic carbocycles. The van der Waals surface area contributed by atoms with Gasteiger partial charge in [0.25, 0.3) is 0 Å². The van der Waals surface area contributed by atoms with E-state index < -0.39 is 11.6 Å². The van der Waals surface area contributed by atoms with Crippen molar-refractivity contribution >= 4 is 38.5 Å². The highest BCUT2D eigenvalue weighted by molar-refractivity contribution is 7.18. The van der Waals surface area contributed by atoms with E-state index in [2.05, 4.69) is 4.98 Å². The van der Waals surface area contributed by atoms with E-state index in [1.807, 2.05) is 24.3 Å². The number of benzene rings is 2. The highest BCUT2D eigenvalue weighted by Gasteiger charge is 2.11. The predicted molar refractivity (Wildman–Crippen MR) is 108 cm³/mol. The standard InChI is InChI=1S/C21H17NO6S/c1-25-14-6-7-15-13(8-20(23)28-17(15)9-14)10-27-21(24)12-26-11-19-22-16-4-2-3-5-18(16)29-19/h2-9H,10-12H2,1H3. The van der Waals surface area contributed by atoms with Crippen LogP contribution >= 0.6 is 11.3 Å². The van der Waals surface area contributed by atoms with E-state index in [1.165, 1.54) is 24.5 Å². The van der Waals surface area contributed by atoms with Crippen molar-refractivity contribution in [1.29, 1.82) is 0 Å². The number of nitrogens with zero attached hydrogens (tertiary/aromatic N) is 1. The molecule has 0 saturated carbocycles. The largest absolute Gasteiger partial charge is 0.497 e. The Bertz CT molecular complexity index is 1200. The van der Waals surface area contributed by atoms with Crippen molar-refractivity contribution in [3.8, 4) is 5.75 Å². The lowest BCUT2D eigenvalue weighted by Gasteiger charge is -2.08. The third-order valence-corrected chi connectivity index (χ3v) is 5.22. The minimum atomic E-state index is -0.527. The van der Waals surface area contributed by atoms with Crippen LogP contribution in [0.15, 0.2) is 57.7 Å². The summed E-state index contributed by atoms with van der Waals surface area (Å²) in [4.78, 5) is 28.2. The fourth-order valence-corrected chi connectivity index (χ4v) is 3.76. The first-order valence-corrected chi connectivity index (χ1v) is 9.62. The van der Waals surface area contributed by atoms with Crippen LogP contribution in [0.5, 0.6) is 5.75 Å². The molecule has 2 aromatic carbocycles. The Hall–Kier alpha value is -3.23. The number of hydrogen-bond acceptors (Lipinski definition) is 8. The van der Waals surface area contributed by atoms with Gasteiger partial charge in [-0.3, -0.25) is 0 Å². The molecule has 0 aliphatic heterocycles. The number of hydrogen-bond donors (Lipinski definition) is 0. The second-order valence-corrected chi connectivity index (χ2v) is 7.30. The molecule has 2 aromatic heterocycles. The van der Waals surface area contributed by atoms with Gasteiger partial charge in [0.15, 0.2) is 0 Å². The van der Waals surface area contributed by atoms with Crippen LogP contribution in [-0.2, 0) is 27.5 Å². The van der Waals surface area contributed by atoms with Crippen molar-refractivity contribution in [2.45, 2.75) is 13.2 Å². The van der Waals surface area contributed by atoms with Crippen LogP contribution < -0.4 is 10.4 Å². The maximum absolute atomic E-state index is 12.0. The maximum Gasteiger partial charge on any atom is 0.336 e. The molecule has 0 amide bonds. The zero-order valence-electron chi connectivity index (χ0n) is 15.5. The van der Waals surface area contributed by atoms with Crippen LogP contribution in [-0.4, -0.2) is 24.7 Å². The zero-order valence-corrected chi connectivity index (χ0v) is 16.4. The van der Waals surface area contributed by atoms with E-state index in [0.717, 1.165) is 15.2 Å². The highest BCUT2D eigenvalue weighted by atomic mass is 32.1. The molecule has 29 heavy (non-hydrogen) atoms. The Morgan fingerprint density at radius 2 is 2.00 bits per heavy atom. The Morgan fingerprint density at radius 3 is 2.83 bits per heavy atom. The molecule has 0 fully saturated rings. The van der Waals surface area contributed by atoms with E-state index in [-0.39, 0.29) is 19.8 Å². The van der Waals surface area contributed by atoms with Crippen molar-refractivity contribution in [2.24, 2.45) is 0 Å². The van der Waals surface area contributed by atoms with Gasteiger partial charge in [0.2, 0.25) is 0 Å². The second kappa shape index (κ2) is 8.42. The molecule has 0 atom stereocenters. The molecule has 2 heterocycles. The molecule has 7 nitrogen and oxygen atoms in total.